The van der Waals surface area contributed by atoms with Crippen LogP contribution in [-0.2, 0) is 4.79 Å². The molecule has 102 valence electrons. The molecule has 0 aromatic heterocycles. The van der Waals surface area contributed by atoms with Crippen molar-refractivity contribution >= 4 is 5.91 Å². The van der Waals surface area contributed by atoms with Crippen LogP contribution in [0.5, 0.6) is 0 Å². The number of hydrogen-bond acceptors (Lipinski definition) is 5. The molecule has 0 aliphatic heterocycles. The summed E-state index contributed by atoms with van der Waals surface area (Å²) < 4.78 is 0. The molecule has 6 nitrogen and oxygen atoms in total. The van der Waals surface area contributed by atoms with Gasteiger partial charge in [0.2, 0.25) is 5.91 Å². The second kappa shape index (κ2) is 8.41. The van der Waals surface area contributed by atoms with E-state index in [4.69, 9.17) is 15.3 Å². The Morgan fingerprint density at radius 3 is 2.18 bits per heavy atom. The minimum atomic E-state index is -1.20. The van der Waals surface area contributed by atoms with E-state index in [1.54, 1.807) is 0 Å². The minimum absolute atomic E-state index is 0.0459. The summed E-state index contributed by atoms with van der Waals surface area (Å²) in [5, 5.41) is 32.6. The zero-order chi connectivity index (χ0) is 13.3. The van der Waals surface area contributed by atoms with Gasteiger partial charge in [-0.25, -0.2) is 0 Å². The fraction of sp³-hybridized carbons (Fsp3) is 0.909. The van der Waals surface area contributed by atoms with Crippen molar-refractivity contribution in [3.05, 3.63) is 0 Å². The van der Waals surface area contributed by atoms with E-state index in [9.17, 15) is 4.79 Å². The van der Waals surface area contributed by atoms with Crippen LogP contribution in [0.15, 0.2) is 0 Å². The number of aliphatic hydroxyl groups is 3. The predicted octanol–water partition coefficient (Wildman–Crippen LogP) is -1.40. The van der Waals surface area contributed by atoms with E-state index < -0.39 is 25.4 Å². The highest BCUT2D eigenvalue weighted by Crippen LogP contribution is 2.00. The van der Waals surface area contributed by atoms with Gasteiger partial charge in [0.15, 0.2) is 0 Å². The number of hydrogen-bond donors (Lipinski definition) is 5. The van der Waals surface area contributed by atoms with Crippen LogP contribution in [0.2, 0.25) is 0 Å². The average molecular weight is 248 g/mol. The normalized spacial score (nSPS) is 13.5. The van der Waals surface area contributed by atoms with Crippen molar-refractivity contribution in [2.45, 2.75) is 38.3 Å². The van der Waals surface area contributed by atoms with E-state index in [0.717, 1.165) is 12.8 Å². The Morgan fingerprint density at radius 2 is 1.76 bits per heavy atom. The molecule has 0 saturated carbocycles. The monoisotopic (exact) mass is 248 g/mol. The van der Waals surface area contributed by atoms with Gasteiger partial charge in [-0.3, -0.25) is 10.1 Å². The molecule has 0 rings (SSSR count). The Balaban J connectivity index is 4.04. The number of aliphatic hydroxyl groups excluding tert-OH is 3. The molecule has 1 amide bonds. The lowest BCUT2D eigenvalue weighted by Gasteiger charge is -2.28. The molecule has 1 unspecified atom stereocenters. The maximum absolute atomic E-state index is 11.5. The molecular weight excluding hydrogens is 224 g/mol. The predicted molar refractivity (Wildman–Crippen MR) is 64.5 cm³/mol. The van der Waals surface area contributed by atoms with Gasteiger partial charge in [0, 0.05) is 6.04 Å². The van der Waals surface area contributed by atoms with Crippen molar-refractivity contribution in [1.29, 1.82) is 0 Å². The van der Waals surface area contributed by atoms with Crippen molar-refractivity contribution < 1.29 is 20.1 Å². The van der Waals surface area contributed by atoms with Crippen molar-refractivity contribution in [1.82, 2.24) is 10.6 Å². The number of carbonyl (C=O) groups excluding carboxylic acids is 1. The first-order valence-electron chi connectivity index (χ1n) is 5.90. The van der Waals surface area contributed by atoms with E-state index in [-0.39, 0.29) is 18.5 Å². The fourth-order valence-electron chi connectivity index (χ4n) is 1.42. The molecule has 0 saturated heterocycles. The molecule has 6 heteroatoms. The summed E-state index contributed by atoms with van der Waals surface area (Å²) in [4.78, 5) is 11.5. The van der Waals surface area contributed by atoms with Crippen LogP contribution in [0.4, 0.5) is 0 Å². The second-order valence-corrected chi connectivity index (χ2v) is 4.37. The molecule has 0 aliphatic carbocycles. The van der Waals surface area contributed by atoms with Crippen LogP contribution in [0, 0.1) is 0 Å². The molecule has 0 spiro atoms. The Kier molecular flexibility index (Phi) is 8.07. The van der Waals surface area contributed by atoms with Crippen LogP contribution in [0.3, 0.4) is 0 Å². The van der Waals surface area contributed by atoms with Crippen LogP contribution >= 0.6 is 0 Å². The summed E-state index contributed by atoms with van der Waals surface area (Å²) in [6, 6.07) is 0.0982. The average Bonchev–Trinajstić information content (AvgIpc) is 2.32. The smallest absolute Gasteiger partial charge is 0.234 e. The Hall–Kier alpha value is -0.690. The Labute approximate surface area is 102 Å². The van der Waals surface area contributed by atoms with E-state index in [1.807, 2.05) is 13.8 Å². The molecule has 0 heterocycles. The van der Waals surface area contributed by atoms with Gasteiger partial charge in [-0.05, 0) is 13.3 Å². The van der Waals surface area contributed by atoms with Crippen LogP contribution in [0.1, 0.15) is 26.7 Å². The minimum Gasteiger partial charge on any atom is -0.394 e. The van der Waals surface area contributed by atoms with Gasteiger partial charge in [0.25, 0.3) is 0 Å². The third-order valence-electron chi connectivity index (χ3n) is 2.66. The summed E-state index contributed by atoms with van der Waals surface area (Å²) in [6.45, 7) is 2.61. The first-order valence-corrected chi connectivity index (χ1v) is 5.90. The Morgan fingerprint density at radius 1 is 1.24 bits per heavy atom. The zero-order valence-corrected chi connectivity index (χ0v) is 10.6. The van der Waals surface area contributed by atoms with Crippen molar-refractivity contribution in [2.75, 3.05) is 26.4 Å². The number of amides is 1. The van der Waals surface area contributed by atoms with E-state index >= 15 is 0 Å². The van der Waals surface area contributed by atoms with E-state index in [1.165, 1.54) is 0 Å². The van der Waals surface area contributed by atoms with Crippen molar-refractivity contribution in [3.8, 4) is 0 Å². The summed E-state index contributed by atoms with van der Waals surface area (Å²) >= 11 is 0. The van der Waals surface area contributed by atoms with Crippen LogP contribution in [0.25, 0.3) is 0 Å². The molecule has 0 radical (unpaired) electrons. The molecule has 0 aromatic rings. The van der Waals surface area contributed by atoms with Gasteiger partial charge in [-0.15, -0.1) is 0 Å². The molecule has 17 heavy (non-hydrogen) atoms. The van der Waals surface area contributed by atoms with Gasteiger partial charge in [0.1, 0.15) is 0 Å². The standard InChI is InChI=1S/C11H24N2O4/c1-3-4-9(2)13-10(17)5-12-11(6-14,7-15)8-16/h9,12,14-16H,3-8H2,1-2H3,(H,13,17). The van der Waals surface area contributed by atoms with Gasteiger partial charge < -0.3 is 20.6 Å². The summed E-state index contributed by atoms with van der Waals surface area (Å²) in [7, 11) is 0. The largest absolute Gasteiger partial charge is 0.394 e. The van der Waals surface area contributed by atoms with E-state index in [2.05, 4.69) is 10.6 Å². The molecule has 0 aliphatic rings. The topological polar surface area (TPSA) is 102 Å². The van der Waals surface area contributed by atoms with Gasteiger partial charge in [0.05, 0.1) is 31.9 Å². The second-order valence-electron chi connectivity index (χ2n) is 4.37. The highest BCUT2D eigenvalue weighted by molar-refractivity contribution is 5.78. The number of nitrogens with one attached hydrogen (secondary N) is 2. The molecule has 1 atom stereocenters. The molecule has 0 aromatic carbocycles. The quantitative estimate of drug-likeness (QED) is 0.345. The van der Waals surface area contributed by atoms with Gasteiger partial charge in [-0.2, -0.15) is 0 Å². The molecule has 0 bridgehead atoms. The highest BCUT2D eigenvalue weighted by Gasteiger charge is 2.28. The van der Waals surface area contributed by atoms with E-state index in [0.29, 0.717) is 0 Å². The lowest BCUT2D eigenvalue weighted by atomic mass is 10.0. The maximum atomic E-state index is 11.5. The van der Waals surface area contributed by atoms with Gasteiger partial charge >= 0.3 is 0 Å². The zero-order valence-electron chi connectivity index (χ0n) is 10.6. The highest BCUT2D eigenvalue weighted by atomic mass is 16.3. The summed E-state index contributed by atoms with van der Waals surface area (Å²) in [6.07, 6.45) is 1.89. The first kappa shape index (κ1) is 16.3. The number of carbonyl (C=O) groups is 1. The molecule has 0 fully saturated rings. The third-order valence-corrected chi connectivity index (χ3v) is 2.66. The SMILES string of the molecule is CCCC(C)NC(=O)CNC(CO)(CO)CO. The number of rotatable bonds is 9. The summed E-state index contributed by atoms with van der Waals surface area (Å²) in [5.41, 5.74) is -1.20. The molecular formula is C11H24N2O4. The lowest BCUT2D eigenvalue weighted by Crippen LogP contribution is -2.57. The maximum Gasteiger partial charge on any atom is 0.234 e. The van der Waals surface area contributed by atoms with Gasteiger partial charge in [-0.1, -0.05) is 13.3 Å². The van der Waals surface area contributed by atoms with Crippen LogP contribution < -0.4 is 10.6 Å². The summed E-state index contributed by atoms with van der Waals surface area (Å²) in [5.74, 6) is -0.217. The van der Waals surface area contributed by atoms with Crippen molar-refractivity contribution in [2.24, 2.45) is 0 Å². The fourth-order valence-corrected chi connectivity index (χ4v) is 1.42. The van der Waals surface area contributed by atoms with Crippen molar-refractivity contribution in [3.63, 3.8) is 0 Å². The lowest BCUT2D eigenvalue weighted by molar-refractivity contribution is -0.121. The Bertz CT molecular complexity index is 211. The third kappa shape index (κ3) is 5.97. The van der Waals surface area contributed by atoms with Crippen LogP contribution in [-0.4, -0.2) is 59.2 Å². The molecule has 5 N–H and O–H groups in total. The first-order chi connectivity index (χ1) is 8.03.